The predicted molar refractivity (Wildman–Crippen MR) is 331 cm³/mol. The molecule has 0 aliphatic rings. The van der Waals surface area contributed by atoms with Crippen LogP contribution < -0.4 is 0 Å². The third kappa shape index (κ3) is 57.6. The van der Waals surface area contributed by atoms with Gasteiger partial charge >= 0.3 is 39.5 Å². The lowest BCUT2D eigenvalue weighted by Crippen LogP contribution is -2.30. The molecule has 492 valence electrons. The topological polar surface area (TPSA) is 237 Å². The molecule has 0 aliphatic heterocycles. The zero-order valence-corrected chi connectivity index (χ0v) is 55.6. The maximum Gasteiger partial charge on any atom is 0.472 e. The summed E-state index contributed by atoms with van der Waals surface area (Å²) < 4.78 is 67.9. The Balaban J connectivity index is 5.22. The highest BCUT2D eigenvalue weighted by Gasteiger charge is 2.30. The summed E-state index contributed by atoms with van der Waals surface area (Å²) in [5.74, 6) is 0.735. The number of phosphoric ester groups is 2. The maximum absolute atomic E-state index is 13.0. The summed E-state index contributed by atoms with van der Waals surface area (Å²) in [5.41, 5.74) is 0. The molecule has 0 aliphatic carbocycles. The van der Waals surface area contributed by atoms with Gasteiger partial charge in [0, 0.05) is 25.7 Å². The zero-order chi connectivity index (χ0) is 61.8. The number of carbonyl (C=O) groups is 4. The molecule has 83 heavy (non-hydrogen) atoms. The van der Waals surface area contributed by atoms with Gasteiger partial charge in [-0.25, -0.2) is 9.13 Å². The van der Waals surface area contributed by atoms with Crippen molar-refractivity contribution in [2.24, 2.45) is 23.7 Å². The highest BCUT2D eigenvalue weighted by molar-refractivity contribution is 7.47. The molecule has 0 fully saturated rings. The number of phosphoric acid groups is 2. The minimum atomic E-state index is -4.94. The number of hydrogen-bond acceptors (Lipinski definition) is 15. The lowest BCUT2D eigenvalue weighted by molar-refractivity contribution is -0.161. The van der Waals surface area contributed by atoms with E-state index in [9.17, 15) is 43.2 Å². The summed E-state index contributed by atoms with van der Waals surface area (Å²) in [5, 5.41) is 10.5. The molecule has 3 N–H and O–H groups in total. The van der Waals surface area contributed by atoms with Gasteiger partial charge in [-0.15, -0.1) is 0 Å². The van der Waals surface area contributed by atoms with Crippen molar-refractivity contribution in [2.45, 2.75) is 324 Å². The van der Waals surface area contributed by atoms with Crippen LogP contribution in [-0.2, 0) is 65.4 Å². The van der Waals surface area contributed by atoms with Crippen molar-refractivity contribution in [3.05, 3.63) is 0 Å². The highest BCUT2D eigenvalue weighted by atomic mass is 31.2. The van der Waals surface area contributed by atoms with Gasteiger partial charge in [-0.05, 0) is 49.4 Å². The second-order valence-corrected chi connectivity index (χ2v) is 27.7. The van der Waals surface area contributed by atoms with Crippen molar-refractivity contribution < 1.29 is 80.2 Å². The number of carbonyl (C=O) groups excluding carboxylic acids is 4. The molecule has 0 rings (SSSR count). The van der Waals surface area contributed by atoms with Gasteiger partial charge in [0.25, 0.3) is 0 Å². The van der Waals surface area contributed by atoms with Crippen molar-refractivity contribution >= 4 is 39.5 Å². The fourth-order valence-corrected chi connectivity index (χ4v) is 11.0. The summed E-state index contributed by atoms with van der Waals surface area (Å²) in [6.07, 6.45) is 33.7. The number of ether oxygens (including phenoxy) is 4. The first-order chi connectivity index (χ1) is 39.6. The molecular weight excluding hydrogens is 1100 g/mol. The quantitative estimate of drug-likeness (QED) is 0.0222. The van der Waals surface area contributed by atoms with Gasteiger partial charge in [-0.3, -0.25) is 37.3 Å². The summed E-state index contributed by atoms with van der Waals surface area (Å²) in [4.78, 5) is 72.2. The van der Waals surface area contributed by atoms with E-state index in [-0.39, 0.29) is 25.7 Å². The molecule has 0 amide bonds. The Bertz CT molecular complexity index is 1660. The van der Waals surface area contributed by atoms with Crippen LogP contribution in [0.3, 0.4) is 0 Å². The van der Waals surface area contributed by atoms with Gasteiger partial charge in [0.2, 0.25) is 0 Å². The Morgan fingerprint density at radius 2 is 0.578 bits per heavy atom. The lowest BCUT2D eigenvalue weighted by Gasteiger charge is -2.21. The van der Waals surface area contributed by atoms with Crippen LogP contribution in [0.2, 0.25) is 0 Å². The second-order valence-electron chi connectivity index (χ2n) is 24.8. The molecule has 0 radical (unpaired) electrons. The van der Waals surface area contributed by atoms with E-state index in [0.717, 1.165) is 102 Å². The molecule has 19 heteroatoms. The largest absolute Gasteiger partial charge is 0.472 e. The van der Waals surface area contributed by atoms with E-state index in [1.807, 2.05) is 0 Å². The van der Waals surface area contributed by atoms with Gasteiger partial charge < -0.3 is 33.8 Å². The van der Waals surface area contributed by atoms with Crippen LogP contribution in [0.4, 0.5) is 0 Å². The maximum atomic E-state index is 13.0. The Morgan fingerprint density at radius 3 is 0.855 bits per heavy atom. The van der Waals surface area contributed by atoms with Crippen molar-refractivity contribution in [2.75, 3.05) is 39.6 Å². The van der Waals surface area contributed by atoms with Crippen molar-refractivity contribution in [3.8, 4) is 0 Å². The second kappa shape index (κ2) is 54.2. The molecule has 17 nitrogen and oxygen atoms in total. The van der Waals surface area contributed by atoms with E-state index in [4.69, 9.17) is 37.0 Å². The van der Waals surface area contributed by atoms with Crippen LogP contribution in [0.15, 0.2) is 0 Å². The summed E-state index contributed by atoms with van der Waals surface area (Å²) in [7, 11) is -9.89. The molecule has 0 aromatic rings. The number of rotatable bonds is 61. The fourth-order valence-electron chi connectivity index (χ4n) is 9.40. The van der Waals surface area contributed by atoms with E-state index in [1.54, 1.807) is 0 Å². The van der Waals surface area contributed by atoms with Gasteiger partial charge in [0.1, 0.15) is 19.3 Å². The summed E-state index contributed by atoms with van der Waals surface area (Å²) in [6.45, 7) is 13.9. The van der Waals surface area contributed by atoms with Crippen LogP contribution in [0, 0.1) is 23.7 Å². The molecule has 0 saturated carbocycles. The van der Waals surface area contributed by atoms with E-state index in [1.165, 1.54) is 103 Å². The fraction of sp³-hybridized carbons (Fsp3) is 0.938. The summed E-state index contributed by atoms with van der Waals surface area (Å²) >= 11 is 0. The molecule has 4 unspecified atom stereocenters. The third-order valence-electron chi connectivity index (χ3n) is 14.9. The van der Waals surface area contributed by atoms with Crippen LogP contribution in [0.25, 0.3) is 0 Å². The van der Waals surface area contributed by atoms with Gasteiger partial charge in [0.05, 0.1) is 26.4 Å². The number of aliphatic hydroxyl groups is 1. The van der Waals surface area contributed by atoms with E-state index in [2.05, 4.69) is 55.4 Å². The molecular formula is C64H124O17P2. The number of esters is 4. The van der Waals surface area contributed by atoms with Crippen molar-refractivity contribution in [1.82, 2.24) is 0 Å². The smallest absolute Gasteiger partial charge is 0.462 e. The Kier molecular flexibility index (Phi) is 53.0. The van der Waals surface area contributed by atoms with Crippen molar-refractivity contribution in [1.29, 1.82) is 0 Å². The third-order valence-corrected chi connectivity index (χ3v) is 16.8. The van der Waals surface area contributed by atoms with Crippen LogP contribution >= 0.6 is 15.6 Å². The average molecular weight is 1230 g/mol. The first kappa shape index (κ1) is 81.1. The molecule has 0 aromatic heterocycles. The Morgan fingerprint density at radius 1 is 0.337 bits per heavy atom. The van der Waals surface area contributed by atoms with E-state index < -0.39 is 97.5 Å². The predicted octanol–water partition coefficient (Wildman–Crippen LogP) is 17.4. The van der Waals surface area contributed by atoms with Crippen LogP contribution in [0.5, 0.6) is 0 Å². The van der Waals surface area contributed by atoms with Crippen molar-refractivity contribution in [3.63, 3.8) is 0 Å². The first-order valence-corrected chi connectivity index (χ1v) is 36.2. The SMILES string of the molecule is CCC(C)CCCCCCCCCCCCC(=O)OC[C@H](COP(=O)(O)OCC(O)COP(=O)(O)OC[C@@H](COC(=O)CCCCCCCCCC(C)C)OC(=O)CCCCCCCCCC(C)C)OC(=O)CCCCCCCCC(C)C. The molecule has 0 saturated heterocycles. The Hall–Kier alpha value is -1.94. The van der Waals surface area contributed by atoms with Gasteiger partial charge in [-0.2, -0.15) is 0 Å². The lowest BCUT2D eigenvalue weighted by atomic mass is 9.99. The Labute approximate surface area is 505 Å². The molecule has 0 heterocycles. The van der Waals surface area contributed by atoms with E-state index >= 15 is 0 Å². The molecule has 6 atom stereocenters. The first-order valence-electron chi connectivity index (χ1n) is 33.2. The normalized spacial score (nSPS) is 14.8. The van der Waals surface area contributed by atoms with Crippen LogP contribution in [-0.4, -0.2) is 96.7 Å². The standard InChI is InChI=1S/C64H124O17P2/c1-9-57(8)43-35-27-18-12-10-11-13-19-28-36-44-61(66)74-51-60(81-64(69)47-39-31-23-22-26-34-42-56(6)7)53-79-83(72,73)77-49-58(65)48-76-82(70,71)78-52-59(80-63(68)46-38-30-21-15-17-25-33-41-55(4)5)50-75-62(67)45-37-29-20-14-16-24-32-40-54(2)3/h54-60,65H,9-53H2,1-8H3,(H,70,71)(H,72,73)/t57?,58?,59-,60-/m1/s1. The van der Waals surface area contributed by atoms with Gasteiger partial charge in [0.15, 0.2) is 12.2 Å². The zero-order valence-electron chi connectivity index (χ0n) is 53.8. The van der Waals surface area contributed by atoms with Crippen LogP contribution in [0.1, 0.15) is 306 Å². The molecule has 0 spiro atoms. The van der Waals surface area contributed by atoms with Gasteiger partial charge in [-0.1, -0.05) is 254 Å². The highest BCUT2D eigenvalue weighted by Crippen LogP contribution is 2.45. The monoisotopic (exact) mass is 1230 g/mol. The number of aliphatic hydroxyl groups excluding tert-OH is 1. The minimum absolute atomic E-state index is 0.101. The summed E-state index contributed by atoms with van der Waals surface area (Å²) in [6, 6.07) is 0. The number of hydrogen-bond donors (Lipinski definition) is 3. The molecule has 0 bridgehead atoms. The molecule has 0 aromatic carbocycles. The average Bonchev–Trinajstić information content (AvgIpc) is 3.44. The number of unbranched alkanes of at least 4 members (excludes halogenated alkanes) is 26. The minimum Gasteiger partial charge on any atom is -0.462 e. The van der Waals surface area contributed by atoms with E-state index in [0.29, 0.717) is 43.4 Å².